The first-order valence-corrected chi connectivity index (χ1v) is 5.68. The number of thiazole rings is 1. The highest BCUT2D eigenvalue weighted by molar-refractivity contribution is 7.17. The second kappa shape index (κ2) is 4.06. The largest absolute Gasteiger partial charge is 0.476 e. The van der Waals surface area contributed by atoms with Gasteiger partial charge >= 0.3 is 5.97 Å². The number of hydrogen-bond donors (Lipinski definition) is 1. The molecule has 1 aromatic heterocycles. The molecule has 0 saturated carbocycles. The lowest BCUT2D eigenvalue weighted by Crippen LogP contribution is -1.93. The van der Waals surface area contributed by atoms with Crippen LogP contribution < -0.4 is 0 Å². The van der Waals surface area contributed by atoms with Crippen LogP contribution in [0.2, 0.25) is 0 Å². The normalized spacial score (nSPS) is 10.4. The average molecular weight is 233 g/mol. The summed E-state index contributed by atoms with van der Waals surface area (Å²) in [6.07, 6.45) is 0. The van der Waals surface area contributed by atoms with Crippen LogP contribution in [-0.2, 0) is 0 Å². The number of aromatic nitrogens is 1. The van der Waals surface area contributed by atoms with Crippen LogP contribution in [0.3, 0.4) is 0 Å². The van der Waals surface area contributed by atoms with Crippen molar-refractivity contribution in [3.05, 3.63) is 40.5 Å². The van der Waals surface area contributed by atoms with E-state index >= 15 is 0 Å². The lowest BCUT2D eigenvalue weighted by atomic mass is 10.1. The third-order valence-electron chi connectivity index (χ3n) is 2.37. The van der Waals surface area contributed by atoms with Crippen molar-refractivity contribution in [2.45, 2.75) is 13.8 Å². The molecule has 0 spiro atoms. The third kappa shape index (κ3) is 1.84. The first kappa shape index (κ1) is 10.8. The van der Waals surface area contributed by atoms with Crippen molar-refractivity contribution >= 4 is 17.3 Å². The highest BCUT2D eigenvalue weighted by Gasteiger charge is 2.15. The Hall–Kier alpha value is -1.68. The van der Waals surface area contributed by atoms with Gasteiger partial charge in [0.15, 0.2) is 0 Å². The maximum Gasteiger partial charge on any atom is 0.365 e. The molecule has 0 bridgehead atoms. The van der Waals surface area contributed by atoms with E-state index in [9.17, 15) is 4.79 Å². The number of rotatable bonds is 2. The molecule has 0 aliphatic carbocycles. The van der Waals surface area contributed by atoms with Crippen LogP contribution in [0.15, 0.2) is 24.3 Å². The molecule has 0 radical (unpaired) electrons. The topological polar surface area (TPSA) is 50.2 Å². The van der Waals surface area contributed by atoms with Gasteiger partial charge in [-0.05, 0) is 25.0 Å². The summed E-state index contributed by atoms with van der Waals surface area (Å²) in [6.45, 7) is 3.85. The Morgan fingerprint density at radius 2 is 2.00 bits per heavy atom. The van der Waals surface area contributed by atoms with E-state index in [1.807, 2.05) is 38.1 Å². The summed E-state index contributed by atoms with van der Waals surface area (Å²) in [5, 5.41) is 9.04. The van der Waals surface area contributed by atoms with Crippen LogP contribution in [0.25, 0.3) is 10.4 Å². The van der Waals surface area contributed by atoms with Crippen LogP contribution in [0.4, 0.5) is 0 Å². The summed E-state index contributed by atoms with van der Waals surface area (Å²) in [5.41, 5.74) is 2.97. The van der Waals surface area contributed by atoms with Crippen molar-refractivity contribution < 1.29 is 9.90 Å². The van der Waals surface area contributed by atoms with Crippen LogP contribution >= 0.6 is 11.3 Å². The molecule has 1 aromatic carbocycles. The lowest BCUT2D eigenvalue weighted by Gasteiger charge is -2.02. The zero-order chi connectivity index (χ0) is 11.7. The fraction of sp³-hybridized carbons (Fsp3) is 0.167. The summed E-state index contributed by atoms with van der Waals surface area (Å²) in [6, 6.07) is 7.91. The van der Waals surface area contributed by atoms with Crippen LogP contribution in [0, 0.1) is 13.8 Å². The number of aromatic carboxylic acids is 1. The van der Waals surface area contributed by atoms with Crippen LogP contribution in [0.5, 0.6) is 0 Å². The van der Waals surface area contributed by atoms with Crippen molar-refractivity contribution in [2.75, 3.05) is 0 Å². The Morgan fingerprint density at radius 1 is 1.31 bits per heavy atom. The van der Waals surface area contributed by atoms with Crippen LogP contribution in [-0.4, -0.2) is 16.1 Å². The predicted molar refractivity (Wildman–Crippen MR) is 64.0 cm³/mol. The van der Waals surface area contributed by atoms with Gasteiger partial charge in [0, 0.05) is 0 Å². The van der Waals surface area contributed by atoms with E-state index in [1.54, 1.807) is 0 Å². The number of hydrogen-bond acceptors (Lipinski definition) is 3. The SMILES string of the molecule is Cc1ccccc1-c1sc(C(=O)O)nc1C. The number of benzene rings is 1. The van der Waals surface area contributed by atoms with Crippen molar-refractivity contribution in [1.82, 2.24) is 4.98 Å². The van der Waals surface area contributed by atoms with Crippen molar-refractivity contribution in [3.8, 4) is 10.4 Å². The van der Waals surface area contributed by atoms with Gasteiger partial charge in [0.05, 0.1) is 10.6 Å². The average Bonchev–Trinajstić information content (AvgIpc) is 2.61. The first-order chi connectivity index (χ1) is 7.59. The molecule has 4 heteroatoms. The van der Waals surface area contributed by atoms with Gasteiger partial charge in [0.25, 0.3) is 0 Å². The molecular weight excluding hydrogens is 222 g/mol. The number of carbonyl (C=O) groups is 1. The molecule has 0 aliphatic heterocycles. The number of nitrogens with zero attached hydrogens (tertiary/aromatic N) is 1. The Kier molecular flexibility index (Phi) is 2.75. The molecule has 2 rings (SSSR count). The van der Waals surface area contributed by atoms with Gasteiger partial charge in [-0.25, -0.2) is 9.78 Å². The van der Waals surface area contributed by atoms with Gasteiger partial charge in [-0.15, -0.1) is 11.3 Å². The smallest absolute Gasteiger partial charge is 0.365 e. The van der Waals surface area contributed by atoms with Crippen molar-refractivity contribution in [1.29, 1.82) is 0 Å². The Bertz CT molecular complexity index is 546. The molecule has 1 heterocycles. The number of carboxylic acids is 1. The van der Waals surface area contributed by atoms with E-state index < -0.39 is 5.97 Å². The summed E-state index contributed by atoms with van der Waals surface area (Å²) in [7, 11) is 0. The minimum absolute atomic E-state index is 0.149. The quantitative estimate of drug-likeness (QED) is 0.867. The highest BCUT2D eigenvalue weighted by Crippen LogP contribution is 2.31. The molecule has 16 heavy (non-hydrogen) atoms. The standard InChI is InChI=1S/C12H11NO2S/c1-7-5-3-4-6-9(7)10-8(2)13-11(16-10)12(14)15/h3-6H,1-2H3,(H,14,15). The first-order valence-electron chi connectivity index (χ1n) is 4.86. The number of aryl methyl sites for hydroxylation is 2. The molecule has 0 fully saturated rings. The van der Waals surface area contributed by atoms with E-state index in [-0.39, 0.29) is 5.01 Å². The Balaban J connectivity index is 2.57. The molecular formula is C12H11NO2S. The zero-order valence-corrected chi connectivity index (χ0v) is 9.84. The molecule has 0 amide bonds. The van der Waals surface area contributed by atoms with Crippen molar-refractivity contribution in [3.63, 3.8) is 0 Å². The van der Waals surface area contributed by atoms with E-state index in [0.29, 0.717) is 0 Å². The molecule has 0 saturated heterocycles. The summed E-state index contributed by atoms with van der Waals surface area (Å²) < 4.78 is 0. The third-order valence-corrected chi connectivity index (χ3v) is 3.55. The molecule has 0 unspecified atom stereocenters. The molecule has 3 nitrogen and oxygen atoms in total. The summed E-state index contributed by atoms with van der Waals surface area (Å²) in [5.74, 6) is -0.965. The van der Waals surface area contributed by atoms with Gasteiger partial charge in [0.1, 0.15) is 0 Å². The zero-order valence-electron chi connectivity index (χ0n) is 9.02. The maximum atomic E-state index is 10.8. The number of carboxylic acid groups (broad SMARTS) is 1. The van der Waals surface area contributed by atoms with Crippen LogP contribution in [0.1, 0.15) is 21.1 Å². The molecule has 82 valence electrons. The van der Waals surface area contributed by atoms with Gasteiger partial charge in [-0.1, -0.05) is 24.3 Å². The van der Waals surface area contributed by atoms with Gasteiger partial charge in [-0.2, -0.15) is 0 Å². The van der Waals surface area contributed by atoms with E-state index in [0.717, 1.165) is 21.7 Å². The minimum Gasteiger partial charge on any atom is -0.476 e. The van der Waals surface area contributed by atoms with E-state index in [4.69, 9.17) is 5.11 Å². The van der Waals surface area contributed by atoms with Crippen molar-refractivity contribution in [2.24, 2.45) is 0 Å². The second-order valence-electron chi connectivity index (χ2n) is 3.55. The summed E-state index contributed by atoms with van der Waals surface area (Å²) in [4.78, 5) is 15.8. The van der Waals surface area contributed by atoms with E-state index in [2.05, 4.69) is 4.98 Å². The Labute approximate surface area is 97.4 Å². The lowest BCUT2D eigenvalue weighted by molar-refractivity contribution is 0.0696. The highest BCUT2D eigenvalue weighted by atomic mass is 32.1. The fourth-order valence-corrected chi connectivity index (χ4v) is 2.56. The second-order valence-corrected chi connectivity index (χ2v) is 4.55. The predicted octanol–water partition coefficient (Wildman–Crippen LogP) is 3.13. The minimum atomic E-state index is -0.965. The van der Waals surface area contributed by atoms with E-state index in [1.165, 1.54) is 11.3 Å². The molecule has 0 atom stereocenters. The maximum absolute atomic E-state index is 10.8. The van der Waals surface area contributed by atoms with Gasteiger partial charge in [-0.3, -0.25) is 0 Å². The Morgan fingerprint density at radius 3 is 2.56 bits per heavy atom. The molecule has 1 N–H and O–H groups in total. The van der Waals surface area contributed by atoms with Gasteiger partial charge in [0.2, 0.25) is 5.01 Å². The molecule has 2 aromatic rings. The fourth-order valence-electron chi connectivity index (χ4n) is 1.57. The summed E-state index contributed by atoms with van der Waals surface area (Å²) >= 11 is 1.22. The van der Waals surface area contributed by atoms with Gasteiger partial charge < -0.3 is 5.11 Å². The molecule has 0 aliphatic rings. The monoisotopic (exact) mass is 233 g/mol.